The van der Waals surface area contributed by atoms with Gasteiger partial charge in [0.25, 0.3) is 0 Å². The highest BCUT2D eigenvalue weighted by atomic mass is 16.1. The Kier molecular flexibility index (Phi) is 1.55. The molecule has 0 spiro atoms. The summed E-state index contributed by atoms with van der Waals surface area (Å²) in [5.41, 5.74) is 1.33. The van der Waals surface area contributed by atoms with Crippen molar-refractivity contribution in [1.29, 1.82) is 0 Å². The SMILES string of the molecule is CC(C)(C)C1=CC(=O)NC1. The first-order valence-electron chi connectivity index (χ1n) is 3.49. The van der Waals surface area contributed by atoms with E-state index in [1.54, 1.807) is 6.08 Å². The highest BCUT2D eigenvalue weighted by Gasteiger charge is 2.21. The Morgan fingerprint density at radius 1 is 1.50 bits per heavy atom. The molecule has 0 unspecified atom stereocenters. The molecule has 0 fully saturated rings. The van der Waals surface area contributed by atoms with Gasteiger partial charge in [-0.3, -0.25) is 4.79 Å². The Balaban J connectivity index is 2.76. The van der Waals surface area contributed by atoms with Gasteiger partial charge in [0, 0.05) is 12.6 Å². The molecule has 0 aliphatic carbocycles. The standard InChI is InChI=1S/C8H13NO/c1-8(2,3)6-4-7(10)9-5-6/h4H,5H2,1-3H3,(H,9,10). The summed E-state index contributed by atoms with van der Waals surface area (Å²) in [5, 5.41) is 2.74. The van der Waals surface area contributed by atoms with Crippen molar-refractivity contribution in [3.8, 4) is 0 Å². The Morgan fingerprint density at radius 3 is 2.30 bits per heavy atom. The maximum atomic E-state index is 10.7. The van der Waals surface area contributed by atoms with E-state index in [1.165, 1.54) is 5.57 Å². The van der Waals surface area contributed by atoms with Crippen LogP contribution in [-0.4, -0.2) is 12.5 Å². The topological polar surface area (TPSA) is 29.1 Å². The third-order valence-electron chi connectivity index (χ3n) is 1.72. The molecule has 10 heavy (non-hydrogen) atoms. The summed E-state index contributed by atoms with van der Waals surface area (Å²) in [6.07, 6.45) is 1.69. The molecule has 1 rings (SSSR count). The van der Waals surface area contributed by atoms with E-state index in [2.05, 4.69) is 26.1 Å². The van der Waals surface area contributed by atoms with Gasteiger partial charge in [0.05, 0.1) is 0 Å². The van der Waals surface area contributed by atoms with Gasteiger partial charge in [-0.15, -0.1) is 0 Å². The summed E-state index contributed by atoms with van der Waals surface area (Å²) in [5.74, 6) is 0.0462. The van der Waals surface area contributed by atoms with Gasteiger partial charge in [-0.05, 0) is 11.0 Å². The lowest BCUT2D eigenvalue weighted by Crippen LogP contribution is -2.18. The number of carbonyl (C=O) groups is 1. The molecule has 1 N–H and O–H groups in total. The molecule has 0 aromatic heterocycles. The monoisotopic (exact) mass is 139 g/mol. The van der Waals surface area contributed by atoms with Crippen LogP contribution in [0, 0.1) is 5.41 Å². The highest BCUT2D eigenvalue weighted by Crippen LogP contribution is 2.25. The van der Waals surface area contributed by atoms with Gasteiger partial charge in [-0.25, -0.2) is 0 Å². The highest BCUT2D eigenvalue weighted by molar-refractivity contribution is 5.91. The van der Waals surface area contributed by atoms with Crippen LogP contribution in [0.1, 0.15) is 20.8 Å². The first kappa shape index (κ1) is 7.32. The van der Waals surface area contributed by atoms with Crippen LogP contribution in [-0.2, 0) is 4.79 Å². The molecule has 56 valence electrons. The smallest absolute Gasteiger partial charge is 0.244 e. The second kappa shape index (κ2) is 2.11. The number of hydrogen-bond acceptors (Lipinski definition) is 1. The van der Waals surface area contributed by atoms with E-state index in [-0.39, 0.29) is 11.3 Å². The maximum absolute atomic E-state index is 10.7. The average Bonchev–Trinajstić information content (AvgIpc) is 2.11. The van der Waals surface area contributed by atoms with Crippen molar-refractivity contribution >= 4 is 5.91 Å². The molecule has 1 aliphatic heterocycles. The van der Waals surface area contributed by atoms with Crippen molar-refractivity contribution in [2.45, 2.75) is 20.8 Å². The predicted octanol–water partition coefficient (Wildman–Crippen LogP) is 1.09. The van der Waals surface area contributed by atoms with E-state index < -0.39 is 0 Å². The average molecular weight is 139 g/mol. The van der Waals surface area contributed by atoms with Crippen molar-refractivity contribution in [2.75, 3.05) is 6.54 Å². The van der Waals surface area contributed by atoms with Crippen molar-refractivity contribution in [1.82, 2.24) is 5.32 Å². The maximum Gasteiger partial charge on any atom is 0.244 e. The predicted molar refractivity (Wildman–Crippen MR) is 40.5 cm³/mol. The van der Waals surface area contributed by atoms with Crippen LogP contribution >= 0.6 is 0 Å². The summed E-state index contributed by atoms with van der Waals surface area (Å²) in [6, 6.07) is 0. The Bertz CT molecular complexity index is 186. The number of hydrogen-bond donors (Lipinski definition) is 1. The van der Waals surface area contributed by atoms with E-state index in [9.17, 15) is 4.79 Å². The molecule has 0 saturated carbocycles. The quantitative estimate of drug-likeness (QED) is 0.534. The molecule has 0 aromatic carbocycles. The van der Waals surface area contributed by atoms with Crippen LogP contribution in [0.15, 0.2) is 11.6 Å². The summed E-state index contributed by atoms with van der Waals surface area (Å²) in [4.78, 5) is 10.7. The first-order chi connectivity index (χ1) is 4.50. The molecular formula is C8H13NO. The summed E-state index contributed by atoms with van der Waals surface area (Å²) >= 11 is 0. The lowest BCUT2D eigenvalue weighted by molar-refractivity contribution is -0.115. The molecule has 1 aliphatic rings. The van der Waals surface area contributed by atoms with Gasteiger partial charge in [-0.1, -0.05) is 20.8 Å². The van der Waals surface area contributed by atoms with Gasteiger partial charge in [0.15, 0.2) is 0 Å². The van der Waals surface area contributed by atoms with Crippen LogP contribution in [0.3, 0.4) is 0 Å². The third-order valence-corrected chi connectivity index (χ3v) is 1.72. The molecule has 1 heterocycles. The van der Waals surface area contributed by atoms with Crippen molar-refractivity contribution < 1.29 is 4.79 Å². The molecule has 0 aromatic rings. The van der Waals surface area contributed by atoms with E-state index in [0.717, 1.165) is 6.54 Å². The molecule has 2 nitrogen and oxygen atoms in total. The summed E-state index contributed by atoms with van der Waals surface area (Å²) < 4.78 is 0. The Morgan fingerprint density at radius 2 is 2.10 bits per heavy atom. The summed E-state index contributed by atoms with van der Waals surface area (Å²) in [7, 11) is 0. The third kappa shape index (κ3) is 1.38. The van der Waals surface area contributed by atoms with Crippen LogP contribution in [0.25, 0.3) is 0 Å². The molecule has 0 radical (unpaired) electrons. The number of carbonyl (C=O) groups excluding carboxylic acids is 1. The van der Waals surface area contributed by atoms with Crippen LogP contribution in [0.5, 0.6) is 0 Å². The molecule has 0 atom stereocenters. The number of amides is 1. The van der Waals surface area contributed by atoms with Gasteiger partial charge in [0.1, 0.15) is 0 Å². The van der Waals surface area contributed by atoms with E-state index in [0.29, 0.717) is 0 Å². The second-order valence-corrected chi connectivity index (χ2v) is 3.64. The molecule has 1 amide bonds. The van der Waals surface area contributed by atoms with Gasteiger partial charge in [-0.2, -0.15) is 0 Å². The van der Waals surface area contributed by atoms with Crippen molar-refractivity contribution in [3.63, 3.8) is 0 Å². The van der Waals surface area contributed by atoms with E-state index in [4.69, 9.17) is 0 Å². The zero-order valence-electron chi connectivity index (χ0n) is 6.69. The largest absolute Gasteiger partial charge is 0.349 e. The van der Waals surface area contributed by atoms with Gasteiger partial charge in [0.2, 0.25) is 5.91 Å². The second-order valence-electron chi connectivity index (χ2n) is 3.64. The zero-order chi connectivity index (χ0) is 7.78. The molecule has 0 saturated heterocycles. The van der Waals surface area contributed by atoms with E-state index in [1.807, 2.05) is 0 Å². The fourth-order valence-electron chi connectivity index (χ4n) is 0.924. The zero-order valence-corrected chi connectivity index (χ0v) is 6.69. The molecular weight excluding hydrogens is 126 g/mol. The first-order valence-corrected chi connectivity index (χ1v) is 3.49. The van der Waals surface area contributed by atoms with Crippen molar-refractivity contribution in [3.05, 3.63) is 11.6 Å². The van der Waals surface area contributed by atoms with Gasteiger partial charge < -0.3 is 5.32 Å². The Hall–Kier alpha value is -0.790. The Labute approximate surface area is 61.3 Å². The molecule has 2 heteroatoms. The minimum Gasteiger partial charge on any atom is -0.349 e. The van der Waals surface area contributed by atoms with Gasteiger partial charge >= 0.3 is 0 Å². The minimum atomic E-state index is 0.0462. The van der Waals surface area contributed by atoms with Crippen LogP contribution < -0.4 is 5.32 Å². The number of nitrogens with one attached hydrogen (secondary N) is 1. The summed E-state index contributed by atoms with van der Waals surface area (Å²) in [6.45, 7) is 7.06. The van der Waals surface area contributed by atoms with Crippen LogP contribution in [0.2, 0.25) is 0 Å². The van der Waals surface area contributed by atoms with Crippen molar-refractivity contribution in [2.24, 2.45) is 5.41 Å². The number of rotatable bonds is 0. The minimum absolute atomic E-state index is 0.0462. The normalized spacial score (nSPS) is 18.7. The lowest BCUT2D eigenvalue weighted by Gasteiger charge is -2.18. The fraction of sp³-hybridized carbons (Fsp3) is 0.625. The van der Waals surface area contributed by atoms with E-state index >= 15 is 0 Å². The molecule has 0 bridgehead atoms. The fourth-order valence-corrected chi connectivity index (χ4v) is 0.924. The van der Waals surface area contributed by atoms with Crippen LogP contribution in [0.4, 0.5) is 0 Å². The lowest BCUT2D eigenvalue weighted by atomic mass is 9.87.